The lowest BCUT2D eigenvalue weighted by Gasteiger charge is -2.59. The van der Waals surface area contributed by atoms with Gasteiger partial charge in [0.05, 0.1) is 12.5 Å². The molecule has 4 aliphatic rings. The van der Waals surface area contributed by atoms with Crippen LogP contribution in [-0.2, 0) is 19.2 Å². The molecular formula is C32H43NO5. The predicted molar refractivity (Wildman–Crippen MR) is 144 cm³/mol. The minimum Gasteiger partial charge on any atom is -0.481 e. The molecule has 0 bridgehead atoms. The molecule has 9 atom stereocenters. The standard InChI is InChI=1S/C32H43NO5/c1-19(15-28(36)33-26(18-29(37)38)20-7-5-4-6-8-20)23-9-10-24-30-25(12-14-32(23,24)3)31(2)13-11-22(34)16-21(31)17-27(30)35/h4-8,19,21,23-26,30H,9-18H2,1-3H3,(H,33,36)(H,37,38)/t19-,21+,23?,24+,25+,26?,30+,31+,32-/m1/s1. The van der Waals surface area contributed by atoms with Crippen LogP contribution in [0, 0.1) is 46.3 Å². The quantitative estimate of drug-likeness (QED) is 0.476. The van der Waals surface area contributed by atoms with Gasteiger partial charge in [0.1, 0.15) is 11.6 Å². The van der Waals surface area contributed by atoms with E-state index >= 15 is 0 Å². The fourth-order valence-electron chi connectivity index (χ4n) is 9.50. The van der Waals surface area contributed by atoms with E-state index in [1.54, 1.807) is 0 Å². The third-order valence-electron chi connectivity index (χ3n) is 11.5. The molecule has 0 saturated heterocycles. The lowest BCUT2D eigenvalue weighted by molar-refractivity contribution is -0.159. The molecule has 0 aliphatic heterocycles. The van der Waals surface area contributed by atoms with E-state index in [9.17, 15) is 24.3 Å². The zero-order valence-electron chi connectivity index (χ0n) is 23.1. The molecule has 0 radical (unpaired) electrons. The van der Waals surface area contributed by atoms with Crippen LogP contribution in [0.2, 0.25) is 0 Å². The summed E-state index contributed by atoms with van der Waals surface area (Å²) in [5.41, 5.74) is 0.923. The van der Waals surface area contributed by atoms with Gasteiger partial charge in [0.15, 0.2) is 0 Å². The number of carbonyl (C=O) groups excluding carboxylic acids is 3. The van der Waals surface area contributed by atoms with Crippen molar-refractivity contribution < 1.29 is 24.3 Å². The molecule has 6 nitrogen and oxygen atoms in total. The summed E-state index contributed by atoms with van der Waals surface area (Å²) in [6, 6.07) is 8.75. The number of hydrogen-bond donors (Lipinski definition) is 2. The highest BCUT2D eigenvalue weighted by Crippen LogP contribution is 2.67. The molecule has 4 fully saturated rings. The predicted octanol–water partition coefficient (Wildman–Crippen LogP) is 5.75. The van der Waals surface area contributed by atoms with Crippen LogP contribution in [0.4, 0.5) is 0 Å². The maximum Gasteiger partial charge on any atom is 0.305 e. The fraction of sp³-hybridized carbons (Fsp3) is 0.688. The van der Waals surface area contributed by atoms with Crippen LogP contribution in [0.15, 0.2) is 30.3 Å². The van der Waals surface area contributed by atoms with E-state index in [1.165, 1.54) is 0 Å². The largest absolute Gasteiger partial charge is 0.481 e. The smallest absolute Gasteiger partial charge is 0.305 e. The Kier molecular flexibility index (Phi) is 7.30. The van der Waals surface area contributed by atoms with Gasteiger partial charge >= 0.3 is 5.97 Å². The molecule has 2 unspecified atom stereocenters. The topological polar surface area (TPSA) is 101 Å². The third-order valence-corrected chi connectivity index (χ3v) is 11.5. The van der Waals surface area contributed by atoms with Crippen molar-refractivity contribution in [3.8, 4) is 0 Å². The summed E-state index contributed by atoms with van der Waals surface area (Å²) in [6.45, 7) is 6.88. The van der Waals surface area contributed by atoms with Gasteiger partial charge in [-0.2, -0.15) is 0 Å². The van der Waals surface area contributed by atoms with Gasteiger partial charge in [0, 0.05) is 31.6 Å². The lowest BCUT2D eigenvalue weighted by atomic mass is 9.44. The average molecular weight is 522 g/mol. The number of nitrogens with one attached hydrogen (secondary N) is 1. The summed E-state index contributed by atoms with van der Waals surface area (Å²) in [5.74, 6) is 1.20. The molecule has 4 saturated carbocycles. The second-order valence-electron chi connectivity index (χ2n) is 13.4. The first-order valence-corrected chi connectivity index (χ1v) is 14.6. The molecule has 0 spiro atoms. The average Bonchev–Trinajstić information content (AvgIpc) is 3.22. The van der Waals surface area contributed by atoms with Crippen molar-refractivity contribution in [2.45, 2.75) is 91.0 Å². The summed E-state index contributed by atoms with van der Waals surface area (Å²) in [6.07, 6.45) is 7.10. The molecule has 38 heavy (non-hydrogen) atoms. The Morgan fingerprint density at radius 2 is 1.68 bits per heavy atom. The minimum absolute atomic E-state index is 0.0318. The molecule has 2 N–H and O–H groups in total. The summed E-state index contributed by atoms with van der Waals surface area (Å²) < 4.78 is 0. The molecule has 0 aromatic heterocycles. The van der Waals surface area contributed by atoms with E-state index < -0.39 is 12.0 Å². The number of carbonyl (C=O) groups is 4. The molecular weight excluding hydrogens is 478 g/mol. The number of aliphatic carboxylic acids is 1. The van der Waals surface area contributed by atoms with E-state index in [-0.39, 0.29) is 40.9 Å². The Balaban J connectivity index is 1.28. The summed E-state index contributed by atoms with van der Waals surface area (Å²) >= 11 is 0. The summed E-state index contributed by atoms with van der Waals surface area (Å²) in [7, 11) is 0. The van der Waals surface area contributed by atoms with Crippen LogP contribution in [0.1, 0.15) is 96.6 Å². The maximum atomic E-state index is 13.6. The number of benzene rings is 1. The van der Waals surface area contributed by atoms with Crippen molar-refractivity contribution in [3.63, 3.8) is 0 Å². The number of carboxylic acids is 1. The molecule has 1 aromatic rings. The molecule has 1 aromatic carbocycles. The second-order valence-corrected chi connectivity index (χ2v) is 13.4. The second kappa shape index (κ2) is 10.2. The Bertz CT molecular complexity index is 1100. The molecule has 5 rings (SSSR count). The first-order chi connectivity index (χ1) is 18.0. The van der Waals surface area contributed by atoms with Gasteiger partial charge in [-0.1, -0.05) is 51.1 Å². The van der Waals surface area contributed by atoms with Crippen LogP contribution in [0.25, 0.3) is 0 Å². The first kappa shape index (κ1) is 27.1. The van der Waals surface area contributed by atoms with E-state index in [4.69, 9.17) is 0 Å². The van der Waals surface area contributed by atoms with Gasteiger partial charge in [-0.3, -0.25) is 19.2 Å². The number of carboxylic acid groups (broad SMARTS) is 1. The lowest BCUT2D eigenvalue weighted by Crippen LogP contribution is -2.57. The number of amides is 1. The van der Waals surface area contributed by atoms with Crippen LogP contribution < -0.4 is 5.32 Å². The minimum atomic E-state index is -0.939. The van der Waals surface area contributed by atoms with Crippen molar-refractivity contribution in [2.24, 2.45) is 46.3 Å². The van der Waals surface area contributed by atoms with Gasteiger partial charge in [0.2, 0.25) is 5.91 Å². The van der Waals surface area contributed by atoms with E-state index in [0.29, 0.717) is 55.0 Å². The van der Waals surface area contributed by atoms with Crippen molar-refractivity contribution in [1.29, 1.82) is 0 Å². The van der Waals surface area contributed by atoms with Gasteiger partial charge in [-0.15, -0.1) is 0 Å². The SMILES string of the molecule is C[C@H](CC(=O)NC(CC(=O)O)c1ccccc1)C1CC[C@H]2[C@@H]3C(=O)C[C@@H]4CC(=O)CC[C@]4(C)[C@H]3CC[C@]12C. The zero-order chi connectivity index (χ0) is 27.2. The Morgan fingerprint density at radius 3 is 2.39 bits per heavy atom. The molecule has 4 aliphatic carbocycles. The van der Waals surface area contributed by atoms with Crippen LogP contribution in [0.5, 0.6) is 0 Å². The number of ketones is 2. The Labute approximate surface area is 226 Å². The number of Topliss-reactive ketones (excluding diaryl/α,β-unsaturated/α-hetero) is 2. The molecule has 206 valence electrons. The van der Waals surface area contributed by atoms with Crippen LogP contribution in [0.3, 0.4) is 0 Å². The van der Waals surface area contributed by atoms with Gasteiger partial charge < -0.3 is 10.4 Å². The highest BCUT2D eigenvalue weighted by molar-refractivity contribution is 5.86. The van der Waals surface area contributed by atoms with Crippen LogP contribution >= 0.6 is 0 Å². The van der Waals surface area contributed by atoms with Crippen molar-refractivity contribution >= 4 is 23.4 Å². The third kappa shape index (κ3) is 4.73. The van der Waals surface area contributed by atoms with E-state index in [0.717, 1.165) is 37.7 Å². The molecule has 0 heterocycles. The van der Waals surface area contributed by atoms with Gasteiger partial charge in [-0.25, -0.2) is 0 Å². The fourth-order valence-corrected chi connectivity index (χ4v) is 9.50. The van der Waals surface area contributed by atoms with Crippen molar-refractivity contribution in [3.05, 3.63) is 35.9 Å². The van der Waals surface area contributed by atoms with Gasteiger partial charge in [0.25, 0.3) is 0 Å². The van der Waals surface area contributed by atoms with Crippen LogP contribution in [-0.4, -0.2) is 28.5 Å². The summed E-state index contributed by atoms with van der Waals surface area (Å²) in [4.78, 5) is 50.4. The van der Waals surface area contributed by atoms with Crippen molar-refractivity contribution in [1.82, 2.24) is 5.32 Å². The monoisotopic (exact) mass is 521 g/mol. The highest BCUT2D eigenvalue weighted by atomic mass is 16.4. The molecule has 1 amide bonds. The summed E-state index contributed by atoms with van der Waals surface area (Å²) in [5, 5.41) is 12.4. The number of fused-ring (bicyclic) bond motifs is 5. The number of hydrogen-bond acceptors (Lipinski definition) is 4. The van der Waals surface area contributed by atoms with Gasteiger partial charge in [-0.05, 0) is 78.1 Å². The first-order valence-electron chi connectivity index (χ1n) is 14.6. The Hall–Kier alpha value is -2.50. The van der Waals surface area contributed by atoms with E-state index in [2.05, 4.69) is 26.1 Å². The number of rotatable bonds is 7. The van der Waals surface area contributed by atoms with E-state index in [1.807, 2.05) is 30.3 Å². The molecule has 6 heteroatoms. The normalized spacial score (nSPS) is 37.9. The Morgan fingerprint density at radius 1 is 0.974 bits per heavy atom. The zero-order valence-corrected chi connectivity index (χ0v) is 23.1. The highest BCUT2D eigenvalue weighted by Gasteiger charge is 2.63. The maximum absolute atomic E-state index is 13.6. The van der Waals surface area contributed by atoms with Crippen molar-refractivity contribution in [2.75, 3.05) is 0 Å².